The highest BCUT2D eigenvalue weighted by atomic mass is 35.5. The molecule has 1 atom stereocenters. The molecule has 0 saturated heterocycles. The molecular formula is C20H22ClN3O2S. The van der Waals surface area contributed by atoms with Crippen molar-refractivity contribution in [2.24, 2.45) is 0 Å². The molecule has 0 radical (unpaired) electrons. The largest absolute Gasteiger partial charge is 0.350 e. The second kappa shape index (κ2) is 8.78. The zero-order valence-corrected chi connectivity index (χ0v) is 16.9. The van der Waals surface area contributed by atoms with Gasteiger partial charge in [-0.05, 0) is 43.9 Å². The Bertz CT molecular complexity index is 857. The van der Waals surface area contributed by atoms with E-state index < -0.39 is 0 Å². The summed E-state index contributed by atoms with van der Waals surface area (Å²) < 4.78 is 0. The van der Waals surface area contributed by atoms with Crippen LogP contribution in [0.4, 0.5) is 5.69 Å². The summed E-state index contributed by atoms with van der Waals surface area (Å²) in [5.74, 6) is 0.539. The molecule has 2 amide bonds. The van der Waals surface area contributed by atoms with Gasteiger partial charge >= 0.3 is 0 Å². The zero-order chi connectivity index (χ0) is 19.4. The number of anilines is 1. The molecule has 0 unspecified atom stereocenters. The number of hydrogen-bond acceptors (Lipinski definition) is 4. The lowest BCUT2D eigenvalue weighted by Crippen LogP contribution is -2.34. The molecule has 0 fully saturated rings. The van der Waals surface area contributed by atoms with Crippen LogP contribution in [0, 0.1) is 0 Å². The number of rotatable bonds is 5. The number of thioether (sulfide) groups is 1. The molecule has 2 aromatic rings. The maximum atomic E-state index is 12.7. The minimum Gasteiger partial charge on any atom is -0.350 e. The molecule has 2 aromatic carbocycles. The average Bonchev–Trinajstić information content (AvgIpc) is 2.82. The molecule has 1 aliphatic rings. The van der Waals surface area contributed by atoms with Crippen LogP contribution >= 0.6 is 23.4 Å². The predicted octanol–water partition coefficient (Wildman–Crippen LogP) is 3.81. The van der Waals surface area contributed by atoms with Crippen LogP contribution in [0.3, 0.4) is 0 Å². The van der Waals surface area contributed by atoms with Crippen molar-refractivity contribution in [3.8, 4) is 0 Å². The second-order valence-electron chi connectivity index (χ2n) is 6.57. The standard InChI is InChI=1S/C20H22ClN3O2S/c1-24(2)17(14-5-3-4-6-15(14)21)12-22-20(26)13-7-8-18-16(11-13)23-19(25)9-10-27-18/h3-8,11,17H,9-10,12H2,1-2H3,(H,22,26)(H,23,25)/t17-/m0/s1. The van der Waals surface area contributed by atoms with Gasteiger partial charge in [0.1, 0.15) is 0 Å². The Labute approximate surface area is 168 Å². The Hall–Kier alpha value is -2.02. The van der Waals surface area contributed by atoms with E-state index in [9.17, 15) is 9.59 Å². The number of benzene rings is 2. The maximum Gasteiger partial charge on any atom is 0.251 e. The van der Waals surface area contributed by atoms with E-state index in [-0.39, 0.29) is 17.9 Å². The summed E-state index contributed by atoms with van der Waals surface area (Å²) in [6.07, 6.45) is 0.475. The second-order valence-corrected chi connectivity index (χ2v) is 8.11. The van der Waals surface area contributed by atoms with E-state index in [0.717, 1.165) is 16.2 Å². The summed E-state index contributed by atoms with van der Waals surface area (Å²) in [7, 11) is 3.91. The molecule has 7 heteroatoms. The lowest BCUT2D eigenvalue weighted by molar-refractivity contribution is -0.115. The van der Waals surface area contributed by atoms with E-state index in [0.29, 0.717) is 29.2 Å². The van der Waals surface area contributed by atoms with Gasteiger partial charge in [-0.3, -0.25) is 9.59 Å². The molecule has 142 valence electrons. The van der Waals surface area contributed by atoms with E-state index >= 15 is 0 Å². The zero-order valence-electron chi connectivity index (χ0n) is 15.3. The maximum absolute atomic E-state index is 12.7. The topological polar surface area (TPSA) is 61.4 Å². The van der Waals surface area contributed by atoms with Gasteiger partial charge in [0.2, 0.25) is 5.91 Å². The molecule has 3 rings (SSSR count). The molecular weight excluding hydrogens is 382 g/mol. The first-order chi connectivity index (χ1) is 13.0. The fraction of sp³-hybridized carbons (Fsp3) is 0.300. The van der Waals surface area contributed by atoms with Gasteiger partial charge in [0.15, 0.2) is 0 Å². The molecule has 2 N–H and O–H groups in total. The Balaban J connectivity index is 1.73. The third-order valence-electron chi connectivity index (χ3n) is 4.45. The summed E-state index contributed by atoms with van der Waals surface area (Å²) in [6.45, 7) is 0.424. The fourth-order valence-corrected chi connectivity index (χ4v) is 4.17. The summed E-state index contributed by atoms with van der Waals surface area (Å²) in [6, 6.07) is 13.0. The molecule has 0 spiro atoms. The number of carbonyl (C=O) groups is 2. The van der Waals surface area contributed by atoms with Gasteiger partial charge in [0.05, 0.1) is 11.7 Å². The fourth-order valence-electron chi connectivity index (χ4n) is 2.97. The van der Waals surface area contributed by atoms with Gasteiger partial charge < -0.3 is 15.5 Å². The quantitative estimate of drug-likeness (QED) is 0.797. The van der Waals surface area contributed by atoms with E-state index in [2.05, 4.69) is 10.6 Å². The highest BCUT2D eigenvalue weighted by molar-refractivity contribution is 7.99. The third kappa shape index (κ3) is 4.83. The molecule has 1 heterocycles. The Morgan fingerprint density at radius 2 is 2.07 bits per heavy atom. The lowest BCUT2D eigenvalue weighted by Gasteiger charge is -2.26. The number of halogens is 1. The van der Waals surface area contributed by atoms with Crippen LogP contribution in [0.1, 0.15) is 28.4 Å². The third-order valence-corrected chi connectivity index (χ3v) is 5.87. The number of nitrogens with zero attached hydrogens (tertiary/aromatic N) is 1. The van der Waals surface area contributed by atoms with E-state index in [1.54, 1.807) is 23.9 Å². The van der Waals surface area contributed by atoms with Crippen LogP contribution in [-0.2, 0) is 4.79 Å². The molecule has 0 bridgehead atoms. The highest BCUT2D eigenvalue weighted by Gasteiger charge is 2.19. The van der Waals surface area contributed by atoms with Gasteiger partial charge in [-0.15, -0.1) is 11.8 Å². The number of carbonyl (C=O) groups excluding carboxylic acids is 2. The first kappa shape index (κ1) is 19.7. The number of likely N-dealkylation sites (N-methyl/N-ethyl adjacent to an activating group) is 1. The van der Waals surface area contributed by atoms with Crippen molar-refractivity contribution in [2.45, 2.75) is 17.4 Å². The van der Waals surface area contributed by atoms with Crippen molar-refractivity contribution in [2.75, 3.05) is 31.7 Å². The molecule has 0 saturated carbocycles. The lowest BCUT2D eigenvalue weighted by atomic mass is 10.1. The Kier molecular flexibility index (Phi) is 6.42. The molecule has 1 aliphatic heterocycles. The first-order valence-corrected chi connectivity index (χ1v) is 10.1. The molecule has 27 heavy (non-hydrogen) atoms. The predicted molar refractivity (Wildman–Crippen MR) is 111 cm³/mol. The van der Waals surface area contributed by atoms with Gasteiger partial charge in [0, 0.05) is 34.2 Å². The molecule has 0 aliphatic carbocycles. The van der Waals surface area contributed by atoms with Crippen LogP contribution in [0.15, 0.2) is 47.4 Å². The smallest absolute Gasteiger partial charge is 0.251 e. The van der Waals surface area contributed by atoms with E-state index in [1.807, 2.05) is 49.3 Å². The Morgan fingerprint density at radius 1 is 1.30 bits per heavy atom. The van der Waals surface area contributed by atoms with Crippen LogP contribution in [-0.4, -0.2) is 43.1 Å². The van der Waals surface area contributed by atoms with Crippen molar-refractivity contribution in [3.05, 3.63) is 58.6 Å². The number of nitrogens with one attached hydrogen (secondary N) is 2. The summed E-state index contributed by atoms with van der Waals surface area (Å²) in [5, 5.41) is 6.53. The Morgan fingerprint density at radius 3 is 2.81 bits per heavy atom. The normalized spacial score (nSPS) is 14.9. The number of fused-ring (bicyclic) bond motifs is 1. The first-order valence-electron chi connectivity index (χ1n) is 8.71. The van der Waals surface area contributed by atoms with Gasteiger partial charge in [-0.1, -0.05) is 29.8 Å². The minimum absolute atomic E-state index is 0.0230. The minimum atomic E-state index is -0.180. The average molecular weight is 404 g/mol. The van der Waals surface area contributed by atoms with Crippen molar-refractivity contribution in [1.29, 1.82) is 0 Å². The van der Waals surface area contributed by atoms with Crippen LogP contribution in [0.25, 0.3) is 0 Å². The van der Waals surface area contributed by atoms with Crippen LogP contribution in [0.2, 0.25) is 5.02 Å². The monoisotopic (exact) mass is 403 g/mol. The van der Waals surface area contributed by atoms with Gasteiger partial charge in [-0.2, -0.15) is 0 Å². The van der Waals surface area contributed by atoms with Gasteiger partial charge in [-0.25, -0.2) is 0 Å². The highest BCUT2D eigenvalue weighted by Crippen LogP contribution is 2.31. The van der Waals surface area contributed by atoms with Crippen LogP contribution < -0.4 is 10.6 Å². The van der Waals surface area contributed by atoms with Gasteiger partial charge in [0.25, 0.3) is 5.91 Å². The van der Waals surface area contributed by atoms with E-state index in [4.69, 9.17) is 11.6 Å². The van der Waals surface area contributed by atoms with Crippen molar-refractivity contribution >= 4 is 40.9 Å². The van der Waals surface area contributed by atoms with E-state index in [1.165, 1.54) is 0 Å². The summed E-state index contributed by atoms with van der Waals surface area (Å²) >= 11 is 7.94. The molecule has 0 aromatic heterocycles. The number of hydrogen-bond donors (Lipinski definition) is 2. The SMILES string of the molecule is CN(C)[C@@H](CNC(=O)c1ccc2c(c1)NC(=O)CCS2)c1ccccc1Cl. The summed E-state index contributed by atoms with van der Waals surface area (Å²) in [4.78, 5) is 27.4. The van der Waals surface area contributed by atoms with Crippen LogP contribution in [0.5, 0.6) is 0 Å². The van der Waals surface area contributed by atoms with Crippen molar-refractivity contribution in [1.82, 2.24) is 10.2 Å². The molecule has 5 nitrogen and oxygen atoms in total. The van der Waals surface area contributed by atoms with Crippen molar-refractivity contribution in [3.63, 3.8) is 0 Å². The van der Waals surface area contributed by atoms with Crippen molar-refractivity contribution < 1.29 is 9.59 Å². The summed E-state index contributed by atoms with van der Waals surface area (Å²) in [5.41, 5.74) is 2.19. The number of amides is 2.